The molecule has 0 spiro atoms. The SMILES string of the molecule is CCCCCc1ccc(N(C)c2nc(OC(C)(C)C)ncc2C(F)(F)F)cc1. The lowest BCUT2D eigenvalue weighted by atomic mass is 10.1. The van der Waals surface area contributed by atoms with Crippen LogP contribution in [-0.4, -0.2) is 22.6 Å². The molecule has 0 aliphatic heterocycles. The lowest BCUT2D eigenvalue weighted by molar-refractivity contribution is -0.137. The van der Waals surface area contributed by atoms with Crippen molar-refractivity contribution in [3.05, 3.63) is 41.6 Å². The Hall–Kier alpha value is -2.31. The molecular weight excluding hydrogens is 367 g/mol. The Morgan fingerprint density at radius 3 is 2.21 bits per heavy atom. The fourth-order valence-electron chi connectivity index (χ4n) is 2.72. The number of aryl methyl sites for hydroxylation is 1. The van der Waals surface area contributed by atoms with Gasteiger partial charge < -0.3 is 9.64 Å². The van der Waals surface area contributed by atoms with E-state index in [2.05, 4.69) is 16.9 Å². The number of halogens is 3. The first-order valence-electron chi connectivity index (χ1n) is 9.47. The number of anilines is 2. The number of ether oxygens (including phenoxy) is 1. The number of rotatable bonds is 7. The molecule has 1 aromatic heterocycles. The largest absolute Gasteiger partial charge is 0.458 e. The molecule has 28 heavy (non-hydrogen) atoms. The van der Waals surface area contributed by atoms with E-state index in [1.165, 1.54) is 10.5 Å². The van der Waals surface area contributed by atoms with Crippen molar-refractivity contribution in [3.8, 4) is 6.01 Å². The van der Waals surface area contributed by atoms with Crippen molar-refractivity contribution in [2.75, 3.05) is 11.9 Å². The smallest absolute Gasteiger partial charge is 0.421 e. The fraction of sp³-hybridized carbons (Fsp3) is 0.524. The topological polar surface area (TPSA) is 38.2 Å². The lowest BCUT2D eigenvalue weighted by Gasteiger charge is -2.24. The van der Waals surface area contributed by atoms with Gasteiger partial charge in [0.1, 0.15) is 11.2 Å². The quantitative estimate of drug-likeness (QED) is 0.525. The minimum absolute atomic E-state index is 0.0847. The fourth-order valence-corrected chi connectivity index (χ4v) is 2.72. The zero-order chi connectivity index (χ0) is 20.9. The van der Waals surface area contributed by atoms with Crippen LogP contribution in [0, 0.1) is 0 Å². The monoisotopic (exact) mass is 395 g/mol. The third-order valence-corrected chi connectivity index (χ3v) is 4.16. The van der Waals surface area contributed by atoms with Crippen LogP contribution >= 0.6 is 0 Å². The van der Waals surface area contributed by atoms with Gasteiger partial charge in [0, 0.05) is 18.9 Å². The van der Waals surface area contributed by atoms with Crippen molar-refractivity contribution in [2.24, 2.45) is 0 Å². The summed E-state index contributed by atoms with van der Waals surface area (Å²) < 4.78 is 46.0. The van der Waals surface area contributed by atoms with Gasteiger partial charge >= 0.3 is 12.2 Å². The first-order chi connectivity index (χ1) is 13.0. The Kier molecular flexibility index (Phi) is 6.91. The molecule has 0 bridgehead atoms. The minimum Gasteiger partial charge on any atom is -0.458 e. The summed E-state index contributed by atoms with van der Waals surface area (Å²) in [5.41, 5.74) is 0.268. The molecule has 2 aromatic rings. The predicted octanol–water partition coefficient (Wildman–Crippen LogP) is 6.17. The molecular formula is C21H28F3N3O. The third kappa shape index (κ3) is 6.11. The van der Waals surface area contributed by atoms with E-state index < -0.39 is 17.3 Å². The Morgan fingerprint density at radius 1 is 1.04 bits per heavy atom. The van der Waals surface area contributed by atoms with E-state index in [-0.39, 0.29) is 11.8 Å². The van der Waals surface area contributed by atoms with Gasteiger partial charge in [-0.1, -0.05) is 31.9 Å². The molecule has 0 fully saturated rings. The molecule has 0 saturated carbocycles. The van der Waals surface area contributed by atoms with Gasteiger partial charge in [-0.2, -0.15) is 18.2 Å². The second-order valence-electron chi connectivity index (χ2n) is 7.78. The Balaban J connectivity index is 2.33. The van der Waals surface area contributed by atoms with Crippen LogP contribution in [0.1, 0.15) is 58.1 Å². The number of aromatic nitrogens is 2. The number of benzene rings is 1. The molecule has 0 amide bonds. The van der Waals surface area contributed by atoms with Crippen molar-refractivity contribution in [3.63, 3.8) is 0 Å². The van der Waals surface area contributed by atoms with Crippen molar-refractivity contribution in [2.45, 2.75) is 65.2 Å². The molecule has 4 nitrogen and oxygen atoms in total. The highest BCUT2D eigenvalue weighted by Gasteiger charge is 2.37. The van der Waals surface area contributed by atoms with Gasteiger partial charge in [-0.25, -0.2) is 4.98 Å². The van der Waals surface area contributed by atoms with Gasteiger partial charge in [0.05, 0.1) is 0 Å². The molecule has 0 radical (unpaired) electrons. The van der Waals surface area contributed by atoms with E-state index in [0.717, 1.165) is 31.9 Å². The zero-order valence-electron chi connectivity index (χ0n) is 17.1. The summed E-state index contributed by atoms with van der Waals surface area (Å²) >= 11 is 0. The number of alkyl halides is 3. The van der Waals surface area contributed by atoms with E-state index in [4.69, 9.17) is 4.74 Å². The Labute approximate surface area is 164 Å². The number of hydrogen-bond donors (Lipinski definition) is 0. The molecule has 0 unspecified atom stereocenters. The van der Waals surface area contributed by atoms with Crippen LogP contribution in [0.5, 0.6) is 6.01 Å². The average Bonchev–Trinajstić information content (AvgIpc) is 2.59. The summed E-state index contributed by atoms with van der Waals surface area (Å²) in [7, 11) is 1.56. The van der Waals surface area contributed by atoms with Gasteiger partial charge in [-0.3, -0.25) is 0 Å². The van der Waals surface area contributed by atoms with Crippen LogP contribution in [0.25, 0.3) is 0 Å². The van der Waals surface area contributed by atoms with Gasteiger partial charge in [0.2, 0.25) is 0 Å². The Bertz CT molecular complexity index is 768. The average molecular weight is 395 g/mol. The summed E-state index contributed by atoms with van der Waals surface area (Å²) in [5.74, 6) is -0.236. The maximum Gasteiger partial charge on any atom is 0.421 e. The van der Waals surface area contributed by atoms with Crippen LogP contribution in [0.4, 0.5) is 24.7 Å². The molecule has 2 rings (SSSR count). The highest BCUT2D eigenvalue weighted by molar-refractivity contribution is 5.63. The molecule has 1 aromatic carbocycles. The molecule has 0 N–H and O–H groups in total. The van der Waals surface area contributed by atoms with Crippen molar-refractivity contribution < 1.29 is 17.9 Å². The zero-order valence-corrected chi connectivity index (χ0v) is 17.1. The van der Waals surface area contributed by atoms with Gasteiger partial charge in [0.15, 0.2) is 5.82 Å². The van der Waals surface area contributed by atoms with Crippen molar-refractivity contribution >= 4 is 11.5 Å². The van der Waals surface area contributed by atoms with E-state index in [9.17, 15) is 13.2 Å². The van der Waals surface area contributed by atoms with Crippen LogP contribution in [0.15, 0.2) is 30.5 Å². The van der Waals surface area contributed by atoms with Crippen molar-refractivity contribution in [1.82, 2.24) is 9.97 Å². The number of hydrogen-bond acceptors (Lipinski definition) is 4. The molecule has 0 saturated heterocycles. The maximum atomic E-state index is 13.5. The molecule has 154 valence electrons. The predicted molar refractivity (Wildman–Crippen MR) is 105 cm³/mol. The summed E-state index contributed by atoms with van der Waals surface area (Å²) in [6, 6.07) is 7.44. The highest BCUT2D eigenvalue weighted by atomic mass is 19.4. The molecule has 1 heterocycles. The van der Waals surface area contributed by atoms with Gasteiger partial charge in [0.25, 0.3) is 0 Å². The van der Waals surface area contributed by atoms with Crippen LogP contribution in [0.2, 0.25) is 0 Å². The molecule has 0 aliphatic carbocycles. The second-order valence-corrected chi connectivity index (χ2v) is 7.78. The summed E-state index contributed by atoms with van der Waals surface area (Å²) in [6.07, 6.45) is 0.580. The maximum absolute atomic E-state index is 13.5. The van der Waals surface area contributed by atoms with Crippen molar-refractivity contribution in [1.29, 1.82) is 0 Å². The number of nitrogens with zero attached hydrogens (tertiary/aromatic N) is 3. The van der Waals surface area contributed by atoms with E-state index in [0.29, 0.717) is 5.69 Å². The Morgan fingerprint density at radius 2 is 1.68 bits per heavy atom. The van der Waals surface area contributed by atoms with E-state index in [1.807, 2.05) is 24.3 Å². The van der Waals surface area contributed by atoms with E-state index >= 15 is 0 Å². The van der Waals surface area contributed by atoms with Crippen LogP contribution in [-0.2, 0) is 12.6 Å². The van der Waals surface area contributed by atoms with Gasteiger partial charge in [-0.15, -0.1) is 0 Å². The molecule has 0 aliphatic rings. The van der Waals surface area contributed by atoms with Crippen LogP contribution in [0.3, 0.4) is 0 Å². The summed E-state index contributed by atoms with van der Waals surface area (Å²) in [5, 5.41) is 0. The molecule has 7 heteroatoms. The van der Waals surface area contributed by atoms with Gasteiger partial charge in [-0.05, 0) is 51.3 Å². The van der Waals surface area contributed by atoms with E-state index in [1.54, 1.807) is 27.8 Å². The second kappa shape index (κ2) is 8.80. The highest BCUT2D eigenvalue weighted by Crippen LogP contribution is 2.38. The lowest BCUT2D eigenvalue weighted by Crippen LogP contribution is -2.26. The first-order valence-corrected chi connectivity index (χ1v) is 9.47. The normalized spacial score (nSPS) is 12.1. The number of unbranched alkanes of at least 4 members (excludes halogenated alkanes) is 2. The minimum atomic E-state index is -4.57. The first kappa shape index (κ1) is 22.0. The molecule has 0 atom stereocenters. The third-order valence-electron chi connectivity index (χ3n) is 4.16. The van der Waals surface area contributed by atoms with Crippen LogP contribution < -0.4 is 9.64 Å². The summed E-state index contributed by atoms with van der Waals surface area (Å²) in [4.78, 5) is 9.21. The summed E-state index contributed by atoms with van der Waals surface area (Å²) in [6.45, 7) is 7.51. The standard InChI is InChI=1S/C21H28F3N3O/c1-6-7-8-9-15-10-12-16(13-11-15)27(5)18-17(21(22,23)24)14-25-19(26-18)28-20(2,3)4/h10-14H,6-9H2,1-5H3.